The molecule has 15 heavy (non-hydrogen) atoms. The van der Waals surface area contributed by atoms with E-state index in [0.717, 1.165) is 18.7 Å². The van der Waals surface area contributed by atoms with Crippen molar-refractivity contribution in [1.82, 2.24) is 4.98 Å². The van der Waals surface area contributed by atoms with Gasteiger partial charge in [-0.2, -0.15) is 0 Å². The molecule has 0 aliphatic carbocycles. The summed E-state index contributed by atoms with van der Waals surface area (Å²) in [5, 5.41) is 3.41. The maximum Gasteiger partial charge on any atom is 0.0736 e. The Balaban J connectivity index is 2.38. The molecular formula is C10H17N3OS. The third-order valence-electron chi connectivity index (χ3n) is 2.28. The predicted molar refractivity (Wildman–Crippen MR) is 65.3 cm³/mol. The summed E-state index contributed by atoms with van der Waals surface area (Å²) < 4.78 is 11.1. The van der Waals surface area contributed by atoms with Gasteiger partial charge >= 0.3 is 0 Å². The molecular weight excluding hydrogens is 210 g/mol. The maximum atomic E-state index is 11.1. The van der Waals surface area contributed by atoms with Gasteiger partial charge in [-0.1, -0.05) is 6.92 Å². The van der Waals surface area contributed by atoms with Gasteiger partial charge in [-0.15, -0.1) is 0 Å². The fourth-order valence-electron chi connectivity index (χ4n) is 1.14. The molecule has 1 aromatic heterocycles. The Bertz CT molecular complexity index is 343. The van der Waals surface area contributed by atoms with Crippen molar-refractivity contribution in [3.63, 3.8) is 0 Å². The molecule has 0 amide bonds. The van der Waals surface area contributed by atoms with E-state index in [1.807, 2.05) is 13.0 Å². The fraction of sp³-hybridized carbons (Fsp3) is 0.500. The minimum absolute atomic E-state index is 0.209. The van der Waals surface area contributed by atoms with Gasteiger partial charge in [-0.25, -0.2) is 0 Å². The SMILES string of the molecule is CC(CCNc1ccncc1N)S(C)=O. The minimum atomic E-state index is -0.757. The van der Waals surface area contributed by atoms with Crippen molar-refractivity contribution in [2.24, 2.45) is 0 Å². The number of nitrogens with zero attached hydrogens (tertiary/aromatic N) is 1. The van der Waals surface area contributed by atoms with Crippen LogP contribution in [0.25, 0.3) is 0 Å². The predicted octanol–water partition coefficient (Wildman–Crippen LogP) is 1.23. The van der Waals surface area contributed by atoms with Crippen LogP contribution in [-0.4, -0.2) is 27.2 Å². The smallest absolute Gasteiger partial charge is 0.0736 e. The number of anilines is 2. The van der Waals surface area contributed by atoms with Crippen molar-refractivity contribution < 1.29 is 4.21 Å². The Kier molecular flexibility index (Phi) is 4.55. The number of rotatable bonds is 5. The number of nitrogens with one attached hydrogen (secondary N) is 1. The first-order chi connectivity index (χ1) is 7.11. The van der Waals surface area contributed by atoms with Gasteiger partial charge in [0.1, 0.15) is 0 Å². The van der Waals surface area contributed by atoms with E-state index in [1.54, 1.807) is 18.6 Å². The Labute approximate surface area is 92.7 Å². The Morgan fingerprint density at radius 2 is 2.40 bits per heavy atom. The molecule has 0 aliphatic rings. The van der Waals surface area contributed by atoms with Crippen LogP contribution < -0.4 is 11.1 Å². The van der Waals surface area contributed by atoms with Gasteiger partial charge in [0, 0.05) is 35.0 Å². The van der Waals surface area contributed by atoms with E-state index in [9.17, 15) is 4.21 Å². The van der Waals surface area contributed by atoms with Crippen LogP contribution in [0.3, 0.4) is 0 Å². The second-order valence-electron chi connectivity index (χ2n) is 3.49. The van der Waals surface area contributed by atoms with Crippen LogP contribution in [0, 0.1) is 0 Å². The third kappa shape index (κ3) is 3.87. The van der Waals surface area contributed by atoms with Crippen LogP contribution in [0.15, 0.2) is 18.5 Å². The largest absolute Gasteiger partial charge is 0.396 e. The number of hydrogen-bond acceptors (Lipinski definition) is 4. The topological polar surface area (TPSA) is 68.0 Å². The van der Waals surface area contributed by atoms with E-state index in [-0.39, 0.29) is 5.25 Å². The lowest BCUT2D eigenvalue weighted by Crippen LogP contribution is -2.15. The zero-order valence-electron chi connectivity index (χ0n) is 9.06. The van der Waals surface area contributed by atoms with Crippen LogP contribution in [0.2, 0.25) is 0 Å². The number of nitrogens with two attached hydrogens (primary N) is 1. The molecule has 0 aliphatic heterocycles. The van der Waals surface area contributed by atoms with Gasteiger partial charge in [0.15, 0.2) is 0 Å². The lowest BCUT2D eigenvalue weighted by atomic mass is 10.3. The van der Waals surface area contributed by atoms with Crippen molar-refractivity contribution >= 4 is 22.2 Å². The highest BCUT2D eigenvalue weighted by molar-refractivity contribution is 7.84. The summed E-state index contributed by atoms with van der Waals surface area (Å²) in [6.45, 7) is 2.75. The number of pyridine rings is 1. The zero-order valence-corrected chi connectivity index (χ0v) is 9.88. The number of hydrogen-bond donors (Lipinski definition) is 2. The minimum Gasteiger partial charge on any atom is -0.396 e. The molecule has 0 radical (unpaired) electrons. The fourth-order valence-corrected chi connectivity index (χ4v) is 1.59. The molecule has 0 aromatic carbocycles. The highest BCUT2D eigenvalue weighted by Gasteiger charge is 2.05. The molecule has 0 saturated carbocycles. The second kappa shape index (κ2) is 5.70. The molecule has 0 fully saturated rings. The summed E-state index contributed by atoms with van der Waals surface area (Å²) in [6, 6.07) is 1.84. The second-order valence-corrected chi connectivity index (χ2v) is 5.29. The first kappa shape index (κ1) is 12.0. The monoisotopic (exact) mass is 227 g/mol. The summed E-state index contributed by atoms with van der Waals surface area (Å²) in [7, 11) is -0.757. The van der Waals surface area contributed by atoms with E-state index < -0.39 is 10.8 Å². The molecule has 0 spiro atoms. The molecule has 2 unspecified atom stereocenters. The van der Waals surface area contributed by atoms with Crippen molar-refractivity contribution in [2.75, 3.05) is 23.9 Å². The molecule has 5 heteroatoms. The Morgan fingerprint density at radius 1 is 1.67 bits per heavy atom. The van der Waals surface area contributed by atoms with Crippen molar-refractivity contribution in [2.45, 2.75) is 18.6 Å². The molecule has 2 atom stereocenters. The summed E-state index contributed by atoms with van der Waals surface area (Å²) in [6.07, 6.45) is 5.90. The average Bonchev–Trinajstić information content (AvgIpc) is 2.20. The lowest BCUT2D eigenvalue weighted by Gasteiger charge is -2.11. The summed E-state index contributed by atoms with van der Waals surface area (Å²) in [4.78, 5) is 3.90. The van der Waals surface area contributed by atoms with Gasteiger partial charge in [0.05, 0.1) is 17.6 Å². The average molecular weight is 227 g/mol. The highest BCUT2D eigenvalue weighted by atomic mass is 32.2. The van der Waals surface area contributed by atoms with Crippen LogP contribution >= 0.6 is 0 Å². The quantitative estimate of drug-likeness (QED) is 0.794. The lowest BCUT2D eigenvalue weighted by molar-refractivity contribution is 0.672. The summed E-state index contributed by atoms with van der Waals surface area (Å²) in [5.74, 6) is 0. The van der Waals surface area contributed by atoms with Crippen LogP contribution in [-0.2, 0) is 10.8 Å². The normalized spacial score (nSPS) is 14.5. The van der Waals surface area contributed by atoms with Gasteiger partial charge in [0.2, 0.25) is 0 Å². The highest BCUT2D eigenvalue weighted by Crippen LogP contribution is 2.15. The van der Waals surface area contributed by atoms with Crippen LogP contribution in [0.4, 0.5) is 11.4 Å². The zero-order chi connectivity index (χ0) is 11.3. The van der Waals surface area contributed by atoms with Gasteiger partial charge < -0.3 is 11.1 Å². The van der Waals surface area contributed by atoms with E-state index >= 15 is 0 Å². The molecule has 3 N–H and O–H groups in total. The standard InChI is InChI=1S/C10H17N3OS/c1-8(15(2)14)3-6-13-10-4-5-12-7-9(10)11/h4-5,7-8H,3,6,11H2,1-2H3,(H,12,13). The Morgan fingerprint density at radius 3 is 3.00 bits per heavy atom. The summed E-state index contributed by atoms with van der Waals surface area (Å²) in [5.41, 5.74) is 7.24. The van der Waals surface area contributed by atoms with Crippen molar-refractivity contribution in [3.05, 3.63) is 18.5 Å². The molecule has 0 saturated heterocycles. The van der Waals surface area contributed by atoms with E-state index in [0.29, 0.717) is 5.69 Å². The van der Waals surface area contributed by atoms with Gasteiger partial charge in [-0.05, 0) is 12.5 Å². The number of aromatic nitrogens is 1. The molecule has 1 heterocycles. The van der Waals surface area contributed by atoms with E-state index in [1.165, 1.54) is 0 Å². The molecule has 0 bridgehead atoms. The molecule has 1 aromatic rings. The van der Waals surface area contributed by atoms with Gasteiger partial charge in [-0.3, -0.25) is 9.19 Å². The molecule has 1 rings (SSSR count). The van der Waals surface area contributed by atoms with Gasteiger partial charge in [0.25, 0.3) is 0 Å². The van der Waals surface area contributed by atoms with Crippen molar-refractivity contribution in [1.29, 1.82) is 0 Å². The van der Waals surface area contributed by atoms with Crippen LogP contribution in [0.5, 0.6) is 0 Å². The van der Waals surface area contributed by atoms with Crippen LogP contribution in [0.1, 0.15) is 13.3 Å². The summed E-state index contributed by atoms with van der Waals surface area (Å²) >= 11 is 0. The van der Waals surface area contributed by atoms with E-state index in [4.69, 9.17) is 5.73 Å². The third-order valence-corrected chi connectivity index (χ3v) is 3.65. The molecule has 4 nitrogen and oxygen atoms in total. The van der Waals surface area contributed by atoms with Crippen molar-refractivity contribution in [3.8, 4) is 0 Å². The maximum absolute atomic E-state index is 11.1. The van der Waals surface area contributed by atoms with E-state index in [2.05, 4.69) is 10.3 Å². The number of nitrogen functional groups attached to an aromatic ring is 1. The first-order valence-corrected chi connectivity index (χ1v) is 6.49. The Hall–Kier alpha value is -1.10. The molecule has 84 valence electrons. The first-order valence-electron chi connectivity index (χ1n) is 4.87.